The lowest BCUT2D eigenvalue weighted by atomic mass is 9.94. The molecule has 3 nitrogen and oxygen atoms in total. The van der Waals surface area contributed by atoms with Crippen LogP contribution in [0.4, 0.5) is 0 Å². The molecule has 1 aliphatic rings. The van der Waals surface area contributed by atoms with Crippen molar-refractivity contribution in [2.45, 2.75) is 12.5 Å². The molecule has 2 aromatic rings. The molecule has 0 saturated carbocycles. The number of nitrogens with one attached hydrogen (secondary N) is 2. The quantitative estimate of drug-likeness (QED) is 0.727. The van der Waals surface area contributed by atoms with Gasteiger partial charge in [0, 0.05) is 18.0 Å². The maximum Gasteiger partial charge on any atom is 0.252 e. The van der Waals surface area contributed by atoms with Crippen molar-refractivity contribution in [1.29, 1.82) is 0 Å². The van der Waals surface area contributed by atoms with Gasteiger partial charge in [0.15, 0.2) is 0 Å². The Kier molecular flexibility index (Phi) is 6.04. The van der Waals surface area contributed by atoms with E-state index in [1.54, 1.807) is 11.3 Å². The SMILES string of the molecule is Cl.O=C(NCC1NCCc2ccccc21)c1csc(I)c1. The lowest BCUT2D eigenvalue weighted by molar-refractivity contribution is 0.0949. The molecule has 1 amide bonds. The van der Waals surface area contributed by atoms with Gasteiger partial charge in [-0.05, 0) is 52.7 Å². The summed E-state index contributed by atoms with van der Waals surface area (Å²) >= 11 is 3.83. The summed E-state index contributed by atoms with van der Waals surface area (Å²) in [5.74, 6) is 0.00835. The van der Waals surface area contributed by atoms with E-state index < -0.39 is 0 Å². The average molecular weight is 435 g/mol. The highest BCUT2D eigenvalue weighted by atomic mass is 127. The molecule has 112 valence electrons. The molecule has 2 N–H and O–H groups in total. The number of carbonyl (C=O) groups is 1. The second-order valence-corrected chi connectivity index (χ2v) is 7.61. The number of rotatable bonds is 3. The molecule has 0 bridgehead atoms. The lowest BCUT2D eigenvalue weighted by Crippen LogP contribution is -2.38. The zero-order valence-electron chi connectivity index (χ0n) is 11.3. The molecular weight excluding hydrogens is 419 g/mol. The van der Waals surface area contributed by atoms with Gasteiger partial charge in [-0.15, -0.1) is 23.7 Å². The van der Waals surface area contributed by atoms with E-state index in [-0.39, 0.29) is 24.4 Å². The molecule has 2 heterocycles. The van der Waals surface area contributed by atoms with E-state index in [2.05, 4.69) is 57.5 Å². The van der Waals surface area contributed by atoms with E-state index in [0.29, 0.717) is 6.54 Å². The normalized spacial score (nSPS) is 16.7. The maximum atomic E-state index is 12.1. The van der Waals surface area contributed by atoms with Crippen LogP contribution in [0.2, 0.25) is 0 Å². The standard InChI is InChI=1S/C15H15IN2OS.ClH/c16-14-7-11(9-20-14)15(19)18-8-13-12-4-2-1-3-10(12)5-6-17-13;/h1-4,7,9,13,17H,5-6,8H2,(H,18,19);1H. The third-order valence-corrected chi connectivity index (χ3v) is 5.30. The van der Waals surface area contributed by atoms with Crippen LogP contribution in [0.5, 0.6) is 0 Å². The highest BCUT2D eigenvalue weighted by Crippen LogP contribution is 2.22. The lowest BCUT2D eigenvalue weighted by Gasteiger charge is -2.27. The highest BCUT2D eigenvalue weighted by Gasteiger charge is 2.19. The summed E-state index contributed by atoms with van der Waals surface area (Å²) < 4.78 is 1.13. The van der Waals surface area contributed by atoms with Gasteiger partial charge in [-0.3, -0.25) is 4.79 Å². The van der Waals surface area contributed by atoms with Crippen molar-refractivity contribution < 1.29 is 4.79 Å². The van der Waals surface area contributed by atoms with Gasteiger partial charge in [0.1, 0.15) is 0 Å². The largest absolute Gasteiger partial charge is 0.350 e. The van der Waals surface area contributed by atoms with Gasteiger partial charge < -0.3 is 10.6 Å². The fraction of sp³-hybridized carbons (Fsp3) is 0.267. The molecule has 1 aliphatic heterocycles. The summed E-state index contributed by atoms with van der Waals surface area (Å²) in [4.78, 5) is 12.1. The molecule has 0 saturated heterocycles. The first-order chi connectivity index (χ1) is 9.74. The van der Waals surface area contributed by atoms with Crippen LogP contribution in [0.25, 0.3) is 0 Å². The van der Waals surface area contributed by atoms with Gasteiger partial charge in [0.2, 0.25) is 0 Å². The monoisotopic (exact) mass is 434 g/mol. The van der Waals surface area contributed by atoms with Crippen molar-refractivity contribution in [3.05, 3.63) is 55.3 Å². The van der Waals surface area contributed by atoms with Crippen LogP contribution in [-0.4, -0.2) is 19.0 Å². The second-order valence-electron chi connectivity index (χ2n) is 4.81. The van der Waals surface area contributed by atoms with Crippen molar-refractivity contribution in [2.75, 3.05) is 13.1 Å². The third-order valence-electron chi connectivity index (χ3n) is 3.51. The molecule has 6 heteroatoms. The second kappa shape index (κ2) is 7.58. The van der Waals surface area contributed by atoms with Crippen LogP contribution in [0.15, 0.2) is 35.7 Å². The molecule has 1 unspecified atom stereocenters. The molecule has 1 aromatic heterocycles. The molecule has 21 heavy (non-hydrogen) atoms. The molecule has 0 aliphatic carbocycles. The summed E-state index contributed by atoms with van der Waals surface area (Å²) in [5.41, 5.74) is 3.44. The van der Waals surface area contributed by atoms with E-state index in [4.69, 9.17) is 0 Å². The fourth-order valence-corrected chi connectivity index (χ4v) is 3.83. The maximum absolute atomic E-state index is 12.1. The van der Waals surface area contributed by atoms with E-state index in [1.165, 1.54) is 11.1 Å². The summed E-state index contributed by atoms with van der Waals surface area (Å²) in [6.07, 6.45) is 1.06. The van der Waals surface area contributed by atoms with Crippen molar-refractivity contribution >= 4 is 52.2 Å². The minimum Gasteiger partial charge on any atom is -0.350 e. The zero-order chi connectivity index (χ0) is 13.9. The molecular formula is C15H16ClIN2OS. The van der Waals surface area contributed by atoms with Gasteiger partial charge >= 0.3 is 0 Å². The Labute approximate surface area is 148 Å². The predicted octanol–water partition coefficient (Wildman–Crippen LogP) is 3.39. The Morgan fingerprint density at radius 1 is 1.43 bits per heavy atom. The van der Waals surface area contributed by atoms with Gasteiger partial charge in [-0.25, -0.2) is 0 Å². The molecule has 0 spiro atoms. The van der Waals surface area contributed by atoms with E-state index >= 15 is 0 Å². The smallest absolute Gasteiger partial charge is 0.252 e. The first kappa shape index (κ1) is 16.7. The number of thiophene rings is 1. The molecule has 3 rings (SSSR count). The van der Waals surface area contributed by atoms with E-state index in [9.17, 15) is 4.79 Å². The summed E-state index contributed by atoms with van der Waals surface area (Å²) in [7, 11) is 0. The van der Waals surface area contributed by atoms with Crippen LogP contribution in [-0.2, 0) is 6.42 Å². The van der Waals surface area contributed by atoms with Crippen LogP contribution in [0.1, 0.15) is 27.5 Å². The molecule has 1 atom stereocenters. The summed E-state index contributed by atoms with van der Waals surface area (Å²) in [6, 6.07) is 10.6. The molecule has 1 aromatic carbocycles. The fourth-order valence-electron chi connectivity index (χ4n) is 2.50. The van der Waals surface area contributed by atoms with Gasteiger partial charge in [-0.1, -0.05) is 24.3 Å². The summed E-state index contributed by atoms with van der Waals surface area (Å²) in [5, 5.41) is 8.40. The molecule has 0 radical (unpaired) electrons. The Morgan fingerprint density at radius 2 is 2.24 bits per heavy atom. The number of hydrogen-bond acceptors (Lipinski definition) is 3. The number of fused-ring (bicyclic) bond motifs is 1. The van der Waals surface area contributed by atoms with E-state index in [0.717, 1.165) is 21.4 Å². The zero-order valence-corrected chi connectivity index (χ0v) is 15.1. The third kappa shape index (κ3) is 3.97. The van der Waals surface area contributed by atoms with Gasteiger partial charge in [0.25, 0.3) is 5.91 Å². The van der Waals surface area contributed by atoms with Crippen LogP contribution in [0, 0.1) is 2.88 Å². The predicted molar refractivity (Wildman–Crippen MR) is 97.5 cm³/mol. The average Bonchev–Trinajstić information content (AvgIpc) is 2.91. The van der Waals surface area contributed by atoms with Crippen molar-refractivity contribution in [1.82, 2.24) is 10.6 Å². The Hall–Kier alpha value is -0.630. The van der Waals surface area contributed by atoms with E-state index in [1.807, 2.05) is 11.4 Å². The Balaban J connectivity index is 0.00000161. The number of halogens is 2. The number of carbonyl (C=O) groups excluding carboxylic acids is 1. The topological polar surface area (TPSA) is 41.1 Å². The first-order valence-corrected chi connectivity index (χ1v) is 8.53. The van der Waals surface area contributed by atoms with Crippen molar-refractivity contribution in [3.8, 4) is 0 Å². The first-order valence-electron chi connectivity index (χ1n) is 6.57. The van der Waals surface area contributed by atoms with Gasteiger partial charge in [0.05, 0.1) is 8.45 Å². The summed E-state index contributed by atoms with van der Waals surface area (Å²) in [6.45, 7) is 1.59. The number of benzene rings is 1. The number of hydrogen-bond donors (Lipinski definition) is 2. The minimum absolute atomic E-state index is 0. The molecule has 0 fully saturated rings. The van der Waals surface area contributed by atoms with Crippen molar-refractivity contribution in [2.24, 2.45) is 0 Å². The Bertz CT molecular complexity index is 632. The minimum atomic E-state index is 0. The number of amides is 1. The van der Waals surface area contributed by atoms with Crippen LogP contribution in [0.3, 0.4) is 0 Å². The van der Waals surface area contributed by atoms with Gasteiger partial charge in [-0.2, -0.15) is 0 Å². The van der Waals surface area contributed by atoms with Crippen molar-refractivity contribution in [3.63, 3.8) is 0 Å². The Morgan fingerprint density at radius 3 is 3.00 bits per heavy atom. The van der Waals surface area contributed by atoms with Crippen LogP contribution >= 0.6 is 46.3 Å². The van der Waals surface area contributed by atoms with Crippen LogP contribution < -0.4 is 10.6 Å². The highest BCUT2D eigenvalue weighted by molar-refractivity contribution is 14.1.